The predicted octanol–water partition coefficient (Wildman–Crippen LogP) is 5.16. The average Bonchev–Trinajstić information content (AvgIpc) is 2.79. The molecule has 2 N–H and O–H groups in total. The van der Waals surface area contributed by atoms with Crippen LogP contribution in [0, 0.1) is 13.8 Å². The molecule has 0 aliphatic rings. The zero-order valence-corrected chi connectivity index (χ0v) is 20.2. The van der Waals surface area contributed by atoms with E-state index in [-0.39, 0.29) is 17.0 Å². The normalized spacial score (nSPS) is 12.2. The van der Waals surface area contributed by atoms with E-state index in [9.17, 15) is 14.7 Å². The number of rotatable bonds is 7. The van der Waals surface area contributed by atoms with Gasteiger partial charge in [-0.3, -0.25) is 0 Å². The highest BCUT2D eigenvalue weighted by molar-refractivity contribution is 5.93. The molecule has 0 bridgehead atoms. The van der Waals surface area contributed by atoms with Gasteiger partial charge < -0.3 is 19.9 Å². The summed E-state index contributed by atoms with van der Waals surface area (Å²) < 4.78 is 11.2. The van der Waals surface area contributed by atoms with Gasteiger partial charge in [0, 0.05) is 12.1 Å². The van der Waals surface area contributed by atoms with Crippen LogP contribution >= 0.6 is 0 Å². The number of carbonyl (C=O) groups is 2. The first-order chi connectivity index (χ1) is 16.0. The molecule has 0 aromatic heterocycles. The van der Waals surface area contributed by atoms with Crippen molar-refractivity contribution in [2.24, 2.45) is 0 Å². The SMILES string of the molecule is Cc1ccc(C(=O)Oc2ccc([C@@H](O)CNC(C)(C)C)cc2OC(=O)c2ccc(C)cc2)cc1. The number of β-amino-alcohol motifs (C(OH)–C–C–N with tert-alkyl or cyclic N) is 1. The topological polar surface area (TPSA) is 84.9 Å². The summed E-state index contributed by atoms with van der Waals surface area (Å²) >= 11 is 0. The molecule has 0 spiro atoms. The fraction of sp³-hybridized carbons (Fsp3) is 0.286. The number of benzene rings is 3. The van der Waals surface area contributed by atoms with E-state index in [0.29, 0.717) is 23.2 Å². The second-order valence-corrected chi connectivity index (χ2v) is 9.36. The van der Waals surface area contributed by atoms with Crippen LogP contribution in [0.25, 0.3) is 0 Å². The van der Waals surface area contributed by atoms with Gasteiger partial charge in [-0.05, 0) is 76.6 Å². The van der Waals surface area contributed by atoms with Gasteiger partial charge in [-0.15, -0.1) is 0 Å². The van der Waals surface area contributed by atoms with Crippen LogP contribution in [-0.4, -0.2) is 29.1 Å². The Morgan fingerprint density at radius 1 is 0.794 bits per heavy atom. The predicted molar refractivity (Wildman–Crippen MR) is 131 cm³/mol. The molecule has 6 nitrogen and oxygen atoms in total. The Labute approximate surface area is 200 Å². The molecule has 3 aromatic rings. The lowest BCUT2D eigenvalue weighted by molar-refractivity contribution is 0.0681. The Morgan fingerprint density at radius 3 is 1.74 bits per heavy atom. The lowest BCUT2D eigenvalue weighted by Crippen LogP contribution is -2.38. The number of ether oxygens (including phenoxy) is 2. The number of aliphatic hydroxyl groups is 1. The minimum Gasteiger partial charge on any atom is -0.419 e. The van der Waals surface area contributed by atoms with Crippen molar-refractivity contribution in [3.8, 4) is 11.5 Å². The summed E-state index contributed by atoms with van der Waals surface area (Å²) in [5.74, 6) is -1.02. The Kier molecular flexibility index (Phi) is 7.87. The zero-order valence-electron chi connectivity index (χ0n) is 20.2. The Bertz CT molecular complexity index is 1140. The minimum atomic E-state index is -0.849. The van der Waals surface area contributed by atoms with Crippen molar-refractivity contribution in [3.05, 3.63) is 94.5 Å². The number of esters is 2. The summed E-state index contributed by atoms with van der Waals surface area (Å²) in [6.45, 7) is 10.2. The van der Waals surface area contributed by atoms with Crippen molar-refractivity contribution in [3.63, 3.8) is 0 Å². The molecule has 3 aromatic carbocycles. The van der Waals surface area contributed by atoms with Crippen molar-refractivity contribution >= 4 is 11.9 Å². The Morgan fingerprint density at radius 2 is 1.26 bits per heavy atom. The molecule has 0 saturated carbocycles. The van der Waals surface area contributed by atoms with Crippen LogP contribution in [0.3, 0.4) is 0 Å². The van der Waals surface area contributed by atoms with Gasteiger partial charge in [0.15, 0.2) is 11.5 Å². The second kappa shape index (κ2) is 10.6. The van der Waals surface area contributed by atoms with Crippen LogP contribution in [0.2, 0.25) is 0 Å². The quantitative estimate of drug-likeness (QED) is 0.373. The largest absolute Gasteiger partial charge is 0.419 e. The van der Waals surface area contributed by atoms with Crippen molar-refractivity contribution in [2.75, 3.05) is 6.54 Å². The fourth-order valence-electron chi connectivity index (χ4n) is 3.11. The Balaban J connectivity index is 1.88. The van der Waals surface area contributed by atoms with Gasteiger partial charge in [0.1, 0.15) is 0 Å². The number of hydrogen-bond acceptors (Lipinski definition) is 6. The summed E-state index contributed by atoms with van der Waals surface area (Å²) in [5.41, 5.74) is 3.12. The van der Waals surface area contributed by atoms with Gasteiger partial charge in [0.2, 0.25) is 0 Å². The Hall–Kier alpha value is -3.48. The molecule has 0 aliphatic carbocycles. The summed E-state index contributed by atoms with van der Waals surface area (Å²) in [6, 6.07) is 18.6. The van der Waals surface area contributed by atoms with Crippen LogP contribution in [0.1, 0.15) is 64.3 Å². The number of nitrogens with one attached hydrogen (secondary N) is 1. The third-order valence-corrected chi connectivity index (χ3v) is 5.16. The van der Waals surface area contributed by atoms with Crippen molar-refractivity contribution < 1.29 is 24.2 Å². The molecule has 0 saturated heterocycles. The van der Waals surface area contributed by atoms with E-state index in [2.05, 4.69) is 5.32 Å². The van der Waals surface area contributed by atoms with Gasteiger partial charge in [-0.25, -0.2) is 9.59 Å². The van der Waals surface area contributed by atoms with E-state index in [1.165, 1.54) is 12.1 Å². The molecule has 6 heteroatoms. The maximum atomic E-state index is 12.8. The van der Waals surface area contributed by atoms with Gasteiger partial charge in [0.25, 0.3) is 0 Å². The molecule has 0 fully saturated rings. The third-order valence-electron chi connectivity index (χ3n) is 5.16. The third kappa shape index (κ3) is 7.01. The van der Waals surface area contributed by atoms with Crippen LogP contribution in [0.5, 0.6) is 11.5 Å². The van der Waals surface area contributed by atoms with E-state index < -0.39 is 18.0 Å². The van der Waals surface area contributed by atoms with Crippen LogP contribution in [0.15, 0.2) is 66.7 Å². The number of aryl methyl sites for hydroxylation is 2. The standard InChI is InChI=1S/C28H31NO5/c1-18-6-10-20(11-7-18)26(31)33-24-15-14-22(23(30)17-29-28(3,4)5)16-25(24)34-27(32)21-12-8-19(2)9-13-21/h6-16,23,29-30H,17H2,1-5H3/t23-/m0/s1. The smallest absolute Gasteiger partial charge is 0.343 e. The highest BCUT2D eigenvalue weighted by Crippen LogP contribution is 2.32. The first kappa shape index (κ1) is 25.1. The number of aliphatic hydroxyl groups excluding tert-OH is 1. The summed E-state index contributed by atoms with van der Waals surface area (Å²) in [6.07, 6.45) is -0.849. The molecule has 0 amide bonds. The molecule has 0 aliphatic heterocycles. The second-order valence-electron chi connectivity index (χ2n) is 9.36. The molecule has 0 unspecified atom stereocenters. The van der Waals surface area contributed by atoms with Crippen molar-refractivity contribution in [2.45, 2.75) is 46.3 Å². The first-order valence-corrected chi connectivity index (χ1v) is 11.2. The highest BCUT2D eigenvalue weighted by atomic mass is 16.6. The van der Waals surface area contributed by atoms with Crippen LogP contribution in [-0.2, 0) is 0 Å². The molecule has 0 radical (unpaired) electrons. The van der Waals surface area contributed by atoms with Crippen molar-refractivity contribution in [1.82, 2.24) is 5.32 Å². The monoisotopic (exact) mass is 461 g/mol. The van der Waals surface area contributed by atoms with E-state index in [4.69, 9.17) is 9.47 Å². The number of hydrogen-bond donors (Lipinski definition) is 2. The lowest BCUT2D eigenvalue weighted by Gasteiger charge is -2.23. The maximum Gasteiger partial charge on any atom is 0.343 e. The molecule has 178 valence electrons. The van der Waals surface area contributed by atoms with E-state index >= 15 is 0 Å². The molecule has 34 heavy (non-hydrogen) atoms. The van der Waals surface area contributed by atoms with Gasteiger partial charge in [-0.2, -0.15) is 0 Å². The average molecular weight is 462 g/mol. The van der Waals surface area contributed by atoms with Crippen molar-refractivity contribution in [1.29, 1.82) is 0 Å². The fourth-order valence-corrected chi connectivity index (χ4v) is 3.11. The van der Waals surface area contributed by atoms with Gasteiger partial charge in [0.05, 0.1) is 17.2 Å². The minimum absolute atomic E-state index is 0.0540. The molecule has 1 atom stereocenters. The van der Waals surface area contributed by atoms with Gasteiger partial charge in [-0.1, -0.05) is 41.5 Å². The molecular weight excluding hydrogens is 430 g/mol. The highest BCUT2D eigenvalue weighted by Gasteiger charge is 2.20. The summed E-state index contributed by atoms with van der Waals surface area (Å²) in [7, 11) is 0. The number of carbonyl (C=O) groups excluding carboxylic acids is 2. The molecule has 0 heterocycles. The van der Waals surface area contributed by atoms with E-state index in [1.54, 1.807) is 30.3 Å². The molecule has 3 rings (SSSR count). The van der Waals surface area contributed by atoms with Crippen LogP contribution < -0.4 is 14.8 Å². The zero-order chi connectivity index (χ0) is 24.9. The summed E-state index contributed by atoms with van der Waals surface area (Å²) in [4.78, 5) is 25.5. The van der Waals surface area contributed by atoms with E-state index in [1.807, 2.05) is 58.9 Å². The van der Waals surface area contributed by atoms with Crippen LogP contribution in [0.4, 0.5) is 0 Å². The van der Waals surface area contributed by atoms with E-state index in [0.717, 1.165) is 11.1 Å². The molecular formula is C28H31NO5. The lowest BCUT2D eigenvalue weighted by atomic mass is 10.1. The van der Waals surface area contributed by atoms with Gasteiger partial charge >= 0.3 is 11.9 Å². The maximum absolute atomic E-state index is 12.8. The first-order valence-electron chi connectivity index (χ1n) is 11.2. The summed E-state index contributed by atoms with van der Waals surface area (Å²) in [5, 5.41) is 13.9.